The SMILES string of the molecule is CCNC(=O)C(=O)N/N=C\c1ccccc1OCC(=O)Nc1cc(C)ccc1C. The number of benzene rings is 2. The largest absolute Gasteiger partial charge is 0.483 e. The van der Waals surface area contributed by atoms with Crippen LogP contribution in [-0.2, 0) is 14.4 Å². The van der Waals surface area contributed by atoms with Crippen molar-refractivity contribution in [3.63, 3.8) is 0 Å². The number of aryl methyl sites for hydroxylation is 2. The van der Waals surface area contributed by atoms with Gasteiger partial charge in [0.15, 0.2) is 6.61 Å². The van der Waals surface area contributed by atoms with E-state index in [0.29, 0.717) is 17.9 Å². The monoisotopic (exact) mass is 396 g/mol. The minimum atomic E-state index is -0.866. The molecule has 0 aliphatic rings. The number of hydrazone groups is 1. The molecule has 3 amide bonds. The van der Waals surface area contributed by atoms with Crippen LogP contribution >= 0.6 is 0 Å². The second kappa shape index (κ2) is 10.6. The lowest BCUT2D eigenvalue weighted by molar-refractivity contribution is -0.139. The topological polar surface area (TPSA) is 109 Å². The summed E-state index contributed by atoms with van der Waals surface area (Å²) in [5.41, 5.74) is 5.42. The Morgan fingerprint density at radius 1 is 1.07 bits per heavy atom. The van der Waals surface area contributed by atoms with E-state index >= 15 is 0 Å². The van der Waals surface area contributed by atoms with E-state index in [1.807, 2.05) is 32.0 Å². The Balaban J connectivity index is 1.95. The van der Waals surface area contributed by atoms with Crippen LogP contribution in [0.1, 0.15) is 23.6 Å². The van der Waals surface area contributed by atoms with Crippen molar-refractivity contribution in [2.45, 2.75) is 20.8 Å². The highest BCUT2D eigenvalue weighted by molar-refractivity contribution is 6.35. The fourth-order valence-corrected chi connectivity index (χ4v) is 2.37. The van der Waals surface area contributed by atoms with Crippen molar-refractivity contribution in [3.05, 3.63) is 59.2 Å². The summed E-state index contributed by atoms with van der Waals surface area (Å²) in [6, 6.07) is 12.7. The summed E-state index contributed by atoms with van der Waals surface area (Å²) in [5, 5.41) is 8.95. The van der Waals surface area contributed by atoms with Crippen LogP contribution < -0.4 is 20.8 Å². The summed E-state index contributed by atoms with van der Waals surface area (Å²) >= 11 is 0. The number of carbonyl (C=O) groups is 3. The molecular formula is C21H24N4O4. The highest BCUT2D eigenvalue weighted by Gasteiger charge is 2.11. The smallest absolute Gasteiger partial charge is 0.329 e. The van der Waals surface area contributed by atoms with Gasteiger partial charge in [-0.1, -0.05) is 24.3 Å². The van der Waals surface area contributed by atoms with Crippen LogP contribution in [0.4, 0.5) is 5.69 Å². The van der Waals surface area contributed by atoms with Crippen LogP contribution in [0.5, 0.6) is 5.75 Å². The minimum Gasteiger partial charge on any atom is -0.483 e. The summed E-state index contributed by atoms with van der Waals surface area (Å²) in [7, 11) is 0. The standard InChI is InChI=1S/C21H24N4O4/c1-4-22-20(27)21(28)25-23-12-16-7-5-6-8-18(16)29-13-19(26)24-17-11-14(2)9-10-15(17)3/h5-12H,4,13H2,1-3H3,(H,22,27)(H,24,26)(H,25,28)/b23-12-. The van der Waals surface area contributed by atoms with E-state index in [2.05, 4.69) is 21.2 Å². The first-order valence-corrected chi connectivity index (χ1v) is 9.11. The third-order valence-electron chi connectivity index (χ3n) is 3.86. The quantitative estimate of drug-likeness (QED) is 0.377. The molecule has 0 atom stereocenters. The zero-order valence-corrected chi connectivity index (χ0v) is 16.6. The first kappa shape index (κ1) is 21.6. The van der Waals surface area contributed by atoms with Crippen molar-refractivity contribution in [1.82, 2.24) is 10.7 Å². The molecule has 0 saturated heterocycles. The van der Waals surface area contributed by atoms with Gasteiger partial charge in [0, 0.05) is 17.8 Å². The average Bonchev–Trinajstić information content (AvgIpc) is 2.70. The van der Waals surface area contributed by atoms with Gasteiger partial charge in [0.25, 0.3) is 5.91 Å². The van der Waals surface area contributed by atoms with Gasteiger partial charge in [-0.2, -0.15) is 5.10 Å². The van der Waals surface area contributed by atoms with Gasteiger partial charge in [0.1, 0.15) is 5.75 Å². The number of hydrogen-bond donors (Lipinski definition) is 3. The second-order valence-electron chi connectivity index (χ2n) is 6.25. The summed E-state index contributed by atoms with van der Waals surface area (Å²) < 4.78 is 5.59. The van der Waals surface area contributed by atoms with Gasteiger partial charge in [-0.25, -0.2) is 5.43 Å². The molecule has 0 fully saturated rings. The molecule has 2 rings (SSSR count). The maximum atomic E-state index is 12.2. The maximum absolute atomic E-state index is 12.2. The molecule has 8 heteroatoms. The fraction of sp³-hybridized carbons (Fsp3) is 0.238. The fourth-order valence-electron chi connectivity index (χ4n) is 2.37. The number of carbonyl (C=O) groups excluding carboxylic acids is 3. The number of nitrogens with one attached hydrogen (secondary N) is 3. The molecule has 0 aliphatic carbocycles. The Morgan fingerprint density at radius 3 is 2.59 bits per heavy atom. The van der Waals surface area contributed by atoms with Crippen LogP contribution in [0, 0.1) is 13.8 Å². The summed E-state index contributed by atoms with van der Waals surface area (Å²) in [5.74, 6) is -1.51. The molecular weight excluding hydrogens is 372 g/mol. The molecule has 0 unspecified atom stereocenters. The molecule has 3 N–H and O–H groups in total. The lowest BCUT2D eigenvalue weighted by Gasteiger charge is -2.11. The Kier molecular flexibility index (Phi) is 7.90. The number of amides is 3. The molecule has 2 aromatic rings. The first-order chi connectivity index (χ1) is 13.9. The van der Waals surface area contributed by atoms with Gasteiger partial charge in [-0.3, -0.25) is 14.4 Å². The van der Waals surface area contributed by atoms with Gasteiger partial charge in [0.05, 0.1) is 6.21 Å². The van der Waals surface area contributed by atoms with E-state index < -0.39 is 11.8 Å². The molecule has 0 saturated carbocycles. The van der Waals surface area contributed by atoms with Gasteiger partial charge in [-0.15, -0.1) is 0 Å². The summed E-state index contributed by atoms with van der Waals surface area (Å²) in [6.45, 7) is 5.72. The summed E-state index contributed by atoms with van der Waals surface area (Å²) in [4.78, 5) is 35.1. The normalized spacial score (nSPS) is 10.4. The van der Waals surface area contributed by atoms with E-state index in [1.165, 1.54) is 6.21 Å². The van der Waals surface area contributed by atoms with Crippen molar-refractivity contribution < 1.29 is 19.1 Å². The average molecular weight is 396 g/mol. The molecule has 2 aromatic carbocycles. The zero-order chi connectivity index (χ0) is 21.2. The third kappa shape index (κ3) is 6.76. The van der Waals surface area contributed by atoms with Crippen LogP contribution in [0.2, 0.25) is 0 Å². The first-order valence-electron chi connectivity index (χ1n) is 9.11. The Morgan fingerprint density at radius 2 is 1.83 bits per heavy atom. The van der Waals surface area contributed by atoms with Crippen molar-refractivity contribution in [3.8, 4) is 5.75 Å². The zero-order valence-electron chi connectivity index (χ0n) is 16.6. The molecule has 0 heterocycles. The molecule has 0 spiro atoms. The number of likely N-dealkylation sites (N-methyl/N-ethyl adjacent to an activating group) is 1. The van der Waals surface area contributed by atoms with Gasteiger partial charge in [-0.05, 0) is 50.1 Å². The van der Waals surface area contributed by atoms with Gasteiger partial charge >= 0.3 is 11.8 Å². The Labute approximate surface area is 169 Å². The van der Waals surface area contributed by atoms with Crippen molar-refractivity contribution >= 4 is 29.6 Å². The highest BCUT2D eigenvalue weighted by atomic mass is 16.5. The number of para-hydroxylation sites is 1. The lowest BCUT2D eigenvalue weighted by Crippen LogP contribution is -2.37. The molecule has 152 valence electrons. The second-order valence-corrected chi connectivity index (χ2v) is 6.25. The molecule has 8 nitrogen and oxygen atoms in total. The van der Waals surface area contributed by atoms with Crippen molar-refractivity contribution in [2.24, 2.45) is 5.10 Å². The number of nitrogens with zero attached hydrogens (tertiary/aromatic N) is 1. The van der Waals surface area contributed by atoms with E-state index in [9.17, 15) is 14.4 Å². The van der Waals surface area contributed by atoms with Gasteiger partial charge in [0.2, 0.25) is 0 Å². The highest BCUT2D eigenvalue weighted by Crippen LogP contribution is 2.18. The molecule has 0 aliphatic heterocycles. The van der Waals surface area contributed by atoms with Gasteiger partial charge < -0.3 is 15.4 Å². The Hall–Kier alpha value is -3.68. The third-order valence-corrected chi connectivity index (χ3v) is 3.86. The van der Waals surface area contributed by atoms with Crippen LogP contribution in [0.3, 0.4) is 0 Å². The molecule has 29 heavy (non-hydrogen) atoms. The number of hydrogen-bond acceptors (Lipinski definition) is 5. The van der Waals surface area contributed by atoms with Crippen LogP contribution in [0.25, 0.3) is 0 Å². The predicted octanol–water partition coefficient (Wildman–Crippen LogP) is 1.91. The minimum absolute atomic E-state index is 0.191. The maximum Gasteiger partial charge on any atom is 0.329 e. The molecule has 0 aromatic heterocycles. The van der Waals surface area contributed by atoms with E-state index in [4.69, 9.17) is 4.74 Å². The van der Waals surface area contributed by atoms with Crippen LogP contribution in [0.15, 0.2) is 47.6 Å². The van der Waals surface area contributed by atoms with E-state index in [-0.39, 0.29) is 12.5 Å². The van der Waals surface area contributed by atoms with E-state index in [1.54, 1.807) is 31.2 Å². The number of rotatable bonds is 7. The molecule has 0 radical (unpaired) electrons. The summed E-state index contributed by atoms with van der Waals surface area (Å²) in [6.07, 6.45) is 1.34. The van der Waals surface area contributed by atoms with Crippen molar-refractivity contribution in [1.29, 1.82) is 0 Å². The number of ether oxygens (including phenoxy) is 1. The van der Waals surface area contributed by atoms with E-state index in [0.717, 1.165) is 16.8 Å². The van der Waals surface area contributed by atoms with Crippen LogP contribution in [-0.4, -0.2) is 37.1 Å². The molecule has 0 bridgehead atoms. The Bertz CT molecular complexity index is 925. The lowest BCUT2D eigenvalue weighted by atomic mass is 10.1. The predicted molar refractivity (Wildman–Crippen MR) is 111 cm³/mol. The van der Waals surface area contributed by atoms with Crippen molar-refractivity contribution in [2.75, 3.05) is 18.5 Å². The number of anilines is 1.